The second kappa shape index (κ2) is 5.73. The molecule has 2 heterocycles. The van der Waals surface area contributed by atoms with E-state index in [-0.39, 0.29) is 6.10 Å². The van der Waals surface area contributed by atoms with Gasteiger partial charge in [-0.15, -0.1) is 5.10 Å². The largest absolute Gasteiger partial charge is 0.374 e. The molecule has 1 unspecified atom stereocenters. The topological polar surface area (TPSA) is 50.3 Å². The highest BCUT2D eigenvalue weighted by Gasteiger charge is 2.18. The van der Waals surface area contributed by atoms with E-state index in [9.17, 15) is 0 Å². The molecule has 2 aromatic rings. The maximum absolute atomic E-state index is 5.75. The van der Waals surface area contributed by atoms with Gasteiger partial charge in [-0.1, -0.05) is 24.3 Å². The van der Waals surface area contributed by atoms with Gasteiger partial charge in [0.2, 0.25) is 0 Å². The highest BCUT2D eigenvalue weighted by Crippen LogP contribution is 2.22. The van der Waals surface area contributed by atoms with Gasteiger partial charge in [0.25, 0.3) is 0 Å². The Labute approximate surface area is 118 Å². The number of aromatic nitrogens is 2. The fraction of sp³-hybridized carbons (Fsp3) is 0.467. The summed E-state index contributed by atoms with van der Waals surface area (Å²) in [6.45, 7) is 5.49. The number of benzene rings is 1. The zero-order valence-corrected chi connectivity index (χ0v) is 12.0. The molecule has 0 spiro atoms. The molecule has 0 saturated carbocycles. The van der Waals surface area contributed by atoms with Crippen LogP contribution in [-0.2, 0) is 4.74 Å². The Morgan fingerprint density at radius 2 is 2.10 bits per heavy atom. The summed E-state index contributed by atoms with van der Waals surface area (Å²) >= 11 is 0. The number of nitrogens with one attached hydrogen (secondary N) is 1. The van der Waals surface area contributed by atoms with E-state index in [2.05, 4.69) is 39.6 Å². The van der Waals surface area contributed by atoms with E-state index in [4.69, 9.17) is 4.74 Å². The summed E-state index contributed by atoms with van der Waals surface area (Å²) < 4.78 is 5.75. The highest BCUT2D eigenvalue weighted by atomic mass is 16.5. The van der Waals surface area contributed by atoms with Crippen LogP contribution in [0.4, 0.5) is 5.82 Å². The molecule has 1 aliphatic heterocycles. The maximum Gasteiger partial charge on any atom is 0.156 e. The summed E-state index contributed by atoms with van der Waals surface area (Å²) in [6.07, 6.45) is 0.204. The second-order valence-electron chi connectivity index (χ2n) is 5.32. The molecule has 0 amide bonds. The van der Waals surface area contributed by atoms with Crippen molar-refractivity contribution in [1.82, 2.24) is 15.1 Å². The van der Waals surface area contributed by atoms with Crippen molar-refractivity contribution in [3.05, 3.63) is 30.0 Å². The third-order valence-electron chi connectivity index (χ3n) is 3.71. The summed E-state index contributed by atoms with van der Waals surface area (Å²) in [7, 11) is 2.12. The third kappa shape index (κ3) is 2.73. The fourth-order valence-electron chi connectivity index (χ4n) is 2.57. The van der Waals surface area contributed by atoms with Gasteiger partial charge in [-0.25, -0.2) is 0 Å². The van der Waals surface area contributed by atoms with Gasteiger partial charge in [-0.2, -0.15) is 5.10 Å². The van der Waals surface area contributed by atoms with E-state index in [1.54, 1.807) is 0 Å². The minimum Gasteiger partial charge on any atom is -0.374 e. The number of rotatable bonds is 3. The first-order chi connectivity index (χ1) is 9.74. The first-order valence-electron chi connectivity index (χ1n) is 7.00. The zero-order chi connectivity index (χ0) is 13.9. The monoisotopic (exact) mass is 272 g/mol. The van der Waals surface area contributed by atoms with Crippen LogP contribution in [0, 0.1) is 6.92 Å². The number of likely N-dealkylation sites (N-methyl/N-ethyl adjacent to an activating group) is 1. The van der Waals surface area contributed by atoms with Crippen LogP contribution in [0.3, 0.4) is 0 Å². The molecule has 1 N–H and O–H groups in total. The molecule has 1 saturated heterocycles. The van der Waals surface area contributed by atoms with Gasteiger partial charge < -0.3 is 15.0 Å². The van der Waals surface area contributed by atoms with Crippen LogP contribution >= 0.6 is 0 Å². The van der Waals surface area contributed by atoms with Crippen molar-refractivity contribution in [3.63, 3.8) is 0 Å². The Morgan fingerprint density at radius 3 is 2.90 bits per heavy atom. The molecule has 1 aromatic heterocycles. The number of fused-ring (bicyclic) bond motifs is 1. The molecular formula is C15H20N4O. The van der Waals surface area contributed by atoms with Crippen LogP contribution in [0.5, 0.6) is 0 Å². The molecule has 1 aromatic carbocycles. The van der Waals surface area contributed by atoms with Gasteiger partial charge in [0.15, 0.2) is 5.82 Å². The smallest absolute Gasteiger partial charge is 0.156 e. The average molecular weight is 272 g/mol. The Kier molecular flexibility index (Phi) is 3.80. The number of hydrogen-bond donors (Lipinski definition) is 1. The van der Waals surface area contributed by atoms with Gasteiger partial charge in [0.1, 0.15) is 0 Å². The minimum atomic E-state index is 0.204. The Hall–Kier alpha value is -1.72. The van der Waals surface area contributed by atoms with Gasteiger partial charge >= 0.3 is 0 Å². The van der Waals surface area contributed by atoms with Crippen molar-refractivity contribution < 1.29 is 4.74 Å². The molecule has 20 heavy (non-hydrogen) atoms. The van der Waals surface area contributed by atoms with Gasteiger partial charge in [-0.05, 0) is 14.0 Å². The third-order valence-corrected chi connectivity index (χ3v) is 3.71. The van der Waals surface area contributed by atoms with E-state index in [0.29, 0.717) is 0 Å². The lowest BCUT2D eigenvalue weighted by molar-refractivity contribution is -0.0117. The first-order valence-corrected chi connectivity index (χ1v) is 7.00. The number of nitrogens with zero attached hydrogens (tertiary/aromatic N) is 3. The first kappa shape index (κ1) is 13.3. The summed E-state index contributed by atoms with van der Waals surface area (Å²) in [5.74, 6) is 0.836. The molecule has 0 aliphatic carbocycles. The van der Waals surface area contributed by atoms with E-state index >= 15 is 0 Å². The van der Waals surface area contributed by atoms with Crippen LogP contribution in [0.2, 0.25) is 0 Å². The lowest BCUT2D eigenvalue weighted by Crippen LogP contribution is -2.43. The number of anilines is 1. The molecule has 0 radical (unpaired) electrons. The van der Waals surface area contributed by atoms with Crippen molar-refractivity contribution in [2.45, 2.75) is 13.0 Å². The molecule has 1 fully saturated rings. The molecule has 1 aliphatic rings. The molecule has 0 bridgehead atoms. The lowest BCUT2D eigenvalue weighted by atomic mass is 10.1. The second-order valence-corrected chi connectivity index (χ2v) is 5.32. The molecular weight excluding hydrogens is 252 g/mol. The predicted octanol–water partition coefficient (Wildman–Crippen LogP) is 1.68. The molecule has 5 nitrogen and oxygen atoms in total. The Morgan fingerprint density at radius 1 is 1.30 bits per heavy atom. The summed E-state index contributed by atoms with van der Waals surface area (Å²) in [6, 6.07) is 8.21. The van der Waals surface area contributed by atoms with Crippen molar-refractivity contribution in [2.75, 3.05) is 38.6 Å². The molecule has 106 valence electrons. The van der Waals surface area contributed by atoms with Crippen LogP contribution in [0.1, 0.15) is 5.69 Å². The minimum absolute atomic E-state index is 0.204. The maximum atomic E-state index is 5.75. The number of aryl methyl sites for hydroxylation is 1. The van der Waals surface area contributed by atoms with E-state index in [1.807, 2.05) is 19.1 Å². The number of hydrogen-bond acceptors (Lipinski definition) is 5. The van der Waals surface area contributed by atoms with Gasteiger partial charge in [0, 0.05) is 30.4 Å². The van der Waals surface area contributed by atoms with Crippen molar-refractivity contribution in [1.29, 1.82) is 0 Å². The predicted molar refractivity (Wildman–Crippen MR) is 80.0 cm³/mol. The standard InChI is InChI=1S/C15H20N4O/c1-11-13-5-3-4-6-14(13)15(18-17-11)16-9-12-10-19(2)7-8-20-12/h3-6,12H,7-10H2,1-2H3,(H,16,18). The van der Waals surface area contributed by atoms with E-state index in [0.717, 1.165) is 48.5 Å². The molecule has 5 heteroatoms. The molecule has 1 atom stereocenters. The summed E-state index contributed by atoms with van der Waals surface area (Å²) in [5.41, 5.74) is 0.958. The van der Waals surface area contributed by atoms with Crippen molar-refractivity contribution in [3.8, 4) is 0 Å². The normalized spacial score (nSPS) is 20.2. The van der Waals surface area contributed by atoms with Gasteiger partial charge in [-0.3, -0.25) is 0 Å². The molecule has 3 rings (SSSR count). The summed E-state index contributed by atoms with van der Waals surface area (Å²) in [5, 5.41) is 14.1. The SMILES string of the molecule is Cc1nnc(NCC2CN(C)CCO2)c2ccccc12. The Bertz CT molecular complexity index is 601. The van der Waals surface area contributed by atoms with Gasteiger partial charge in [0.05, 0.1) is 18.4 Å². The van der Waals surface area contributed by atoms with Crippen LogP contribution < -0.4 is 5.32 Å². The fourth-order valence-corrected chi connectivity index (χ4v) is 2.57. The highest BCUT2D eigenvalue weighted by molar-refractivity contribution is 5.92. The van der Waals surface area contributed by atoms with Crippen LogP contribution in [-0.4, -0.2) is 54.5 Å². The quantitative estimate of drug-likeness (QED) is 0.921. The van der Waals surface area contributed by atoms with Crippen molar-refractivity contribution in [2.24, 2.45) is 0 Å². The zero-order valence-electron chi connectivity index (χ0n) is 12.0. The van der Waals surface area contributed by atoms with Crippen molar-refractivity contribution >= 4 is 16.6 Å². The number of ether oxygens (including phenoxy) is 1. The lowest BCUT2D eigenvalue weighted by Gasteiger charge is -2.30. The Balaban J connectivity index is 1.76. The van der Waals surface area contributed by atoms with Crippen LogP contribution in [0.15, 0.2) is 24.3 Å². The number of morpholine rings is 1. The average Bonchev–Trinajstić information content (AvgIpc) is 2.47. The van der Waals surface area contributed by atoms with E-state index in [1.165, 1.54) is 0 Å². The van der Waals surface area contributed by atoms with Crippen LogP contribution in [0.25, 0.3) is 10.8 Å². The van der Waals surface area contributed by atoms with E-state index < -0.39 is 0 Å². The summed E-state index contributed by atoms with van der Waals surface area (Å²) in [4.78, 5) is 2.29.